The molecule has 0 bridgehead atoms. The van der Waals surface area contributed by atoms with Gasteiger partial charge in [-0.25, -0.2) is 0 Å². The average molecular weight is 387 g/mol. The molecule has 0 saturated heterocycles. The molecule has 148 valence electrons. The summed E-state index contributed by atoms with van der Waals surface area (Å²) in [4.78, 5) is 23.3. The van der Waals surface area contributed by atoms with Gasteiger partial charge in [0, 0.05) is 11.6 Å². The van der Waals surface area contributed by atoms with Gasteiger partial charge in [-0.1, -0.05) is 0 Å². The predicted molar refractivity (Wildman–Crippen MR) is 99.6 cm³/mol. The van der Waals surface area contributed by atoms with Crippen molar-refractivity contribution in [3.05, 3.63) is 42.0 Å². The van der Waals surface area contributed by atoms with Gasteiger partial charge >= 0.3 is 0 Å². The molecule has 0 radical (unpaired) electrons. The van der Waals surface area contributed by atoms with E-state index in [1.165, 1.54) is 14.0 Å². The molecule has 0 unspecified atom stereocenters. The number of ether oxygens (including phenoxy) is 5. The van der Waals surface area contributed by atoms with E-state index in [0.717, 1.165) is 0 Å². The van der Waals surface area contributed by atoms with Gasteiger partial charge in [0.05, 0.1) is 13.7 Å². The molecule has 1 aliphatic rings. The van der Waals surface area contributed by atoms with E-state index in [1.807, 2.05) is 0 Å². The fraction of sp³-hybridized carbons (Fsp3) is 0.300. The zero-order valence-electron chi connectivity index (χ0n) is 15.7. The van der Waals surface area contributed by atoms with Crippen LogP contribution in [0.3, 0.4) is 0 Å². The quantitative estimate of drug-likeness (QED) is 0.521. The standard InChI is InChI=1S/C20H21NO7/c1-13(22)14-3-5-16(18(9-14)24-2)26-11-20(23)21-7-8-25-15-4-6-17-19(10-15)28-12-27-17/h3-6,9-10H,7-8,11-12H2,1-2H3,(H,21,23). The number of ketones is 1. The first-order valence-electron chi connectivity index (χ1n) is 8.67. The summed E-state index contributed by atoms with van der Waals surface area (Å²) in [6.45, 7) is 2.10. The van der Waals surface area contributed by atoms with Gasteiger partial charge in [0.15, 0.2) is 35.4 Å². The number of nitrogens with one attached hydrogen (secondary N) is 1. The zero-order valence-corrected chi connectivity index (χ0v) is 15.7. The maximum absolute atomic E-state index is 11.9. The van der Waals surface area contributed by atoms with Crippen LogP contribution >= 0.6 is 0 Å². The summed E-state index contributed by atoms with van der Waals surface area (Å²) in [5.41, 5.74) is 0.509. The Morgan fingerprint density at radius 3 is 2.64 bits per heavy atom. The zero-order chi connectivity index (χ0) is 19.9. The third kappa shape index (κ3) is 4.85. The Bertz CT molecular complexity index is 866. The highest BCUT2D eigenvalue weighted by molar-refractivity contribution is 5.94. The van der Waals surface area contributed by atoms with Gasteiger partial charge in [0.1, 0.15) is 12.4 Å². The maximum Gasteiger partial charge on any atom is 0.258 e. The van der Waals surface area contributed by atoms with Gasteiger partial charge in [-0.2, -0.15) is 0 Å². The van der Waals surface area contributed by atoms with Crippen LogP contribution in [0.15, 0.2) is 36.4 Å². The number of amides is 1. The minimum absolute atomic E-state index is 0.0787. The molecule has 0 aromatic heterocycles. The van der Waals surface area contributed by atoms with E-state index in [9.17, 15) is 9.59 Å². The summed E-state index contributed by atoms with van der Waals surface area (Å²) in [6, 6.07) is 10.1. The monoisotopic (exact) mass is 387 g/mol. The van der Waals surface area contributed by atoms with Crippen molar-refractivity contribution in [1.29, 1.82) is 0 Å². The van der Waals surface area contributed by atoms with Crippen molar-refractivity contribution in [2.75, 3.05) is 33.7 Å². The lowest BCUT2D eigenvalue weighted by atomic mass is 10.1. The van der Waals surface area contributed by atoms with Crippen molar-refractivity contribution >= 4 is 11.7 Å². The summed E-state index contributed by atoms with van der Waals surface area (Å²) in [7, 11) is 1.47. The Morgan fingerprint density at radius 1 is 1.04 bits per heavy atom. The minimum Gasteiger partial charge on any atom is -0.493 e. The molecule has 8 heteroatoms. The fourth-order valence-electron chi connectivity index (χ4n) is 2.53. The molecular weight excluding hydrogens is 366 g/mol. The van der Waals surface area contributed by atoms with Gasteiger partial charge in [-0.15, -0.1) is 0 Å². The van der Waals surface area contributed by atoms with Gasteiger partial charge < -0.3 is 29.0 Å². The second-order valence-corrected chi connectivity index (χ2v) is 5.92. The summed E-state index contributed by atoms with van der Waals surface area (Å²) in [6.07, 6.45) is 0. The summed E-state index contributed by atoms with van der Waals surface area (Å²) in [5, 5.41) is 2.70. The highest BCUT2D eigenvalue weighted by atomic mass is 16.7. The second kappa shape index (κ2) is 8.98. The Kier molecular flexibility index (Phi) is 6.21. The fourth-order valence-corrected chi connectivity index (χ4v) is 2.53. The molecule has 1 heterocycles. The lowest BCUT2D eigenvalue weighted by Gasteiger charge is -2.12. The van der Waals surface area contributed by atoms with Crippen LogP contribution in [0.25, 0.3) is 0 Å². The second-order valence-electron chi connectivity index (χ2n) is 5.92. The summed E-state index contributed by atoms with van der Waals surface area (Å²) in [5.74, 6) is 2.36. The topological polar surface area (TPSA) is 92.3 Å². The summed E-state index contributed by atoms with van der Waals surface area (Å²) < 4.78 is 26.8. The first-order chi connectivity index (χ1) is 13.6. The van der Waals surface area contributed by atoms with E-state index in [2.05, 4.69) is 5.32 Å². The van der Waals surface area contributed by atoms with E-state index < -0.39 is 0 Å². The Hall–Kier alpha value is -3.42. The molecule has 28 heavy (non-hydrogen) atoms. The lowest BCUT2D eigenvalue weighted by Crippen LogP contribution is -2.32. The Labute approximate surface area is 162 Å². The van der Waals surface area contributed by atoms with Crippen molar-refractivity contribution in [1.82, 2.24) is 5.32 Å². The van der Waals surface area contributed by atoms with E-state index >= 15 is 0 Å². The number of carbonyl (C=O) groups excluding carboxylic acids is 2. The van der Waals surface area contributed by atoms with Crippen molar-refractivity contribution in [3.63, 3.8) is 0 Å². The smallest absolute Gasteiger partial charge is 0.258 e. The molecule has 3 rings (SSSR count). The molecule has 0 saturated carbocycles. The molecule has 1 N–H and O–H groups in total. The molecule has 0 atom stereocenters. The van der Waals surface area contributed by atoms with Crippen LogP contribution in [-0.4, -0.2) is 45.4 Å². The van der Waals surface area contributed by atoms with Crippen LogP contribution in [0, 0.1) is 0 Å². The van der Waals surface area contributed by atoms with E-state index in [0.29, 0.717) is 47.5 Å². The SMILES string of the molecule is COc1cc(C(C)=O)ccc1OCC(=O)NCCOc1ccc2c(c1)OCO2. The highest BCUT2D eigenvalue weighted by Gasteiger charge is 2.14. The Morgan fingerprint density at radius 2 is 1.86 bits per heavy atom. The van der Waals surface area contributed by atoms with Crippen molar-refractivity contribution < 1.29 is 33.3 Å². The van der Waals surface area contributed by atoms with Crippen LogP contribution in [0.1, 0.15) is 17.3 Å². The number of benzene rings is 2. The number of carbonyl (C=O) groups is 2. The van der Waals surface area contributed by atoms with Crippen LogP contribution in [0.4, 0.5) is 0 Å². The van der Waals surface area contributed by atoms with Crippen molar-refractivity contribution in [2.45, 2.75) is 6.92 Å². The third-order valence-corrected chi connectivity index (χ3v) is 3.97. The highest BCUT2D eigenvalue weighted by Crippen LogP contribution is 2.35. The Balaban J connectivity index is 1.40. The van der Waals surface area contributed by atoms with Crippen LogP contribution < -0.4 is 29.0 Å². The molecular formula is C20H21NO7. The number of methoxy groups -OCH3 is 1. The molecule has 0 fully saturated rings. The summed E-state index contributed by atoms with van der Waals surface area (Å²) >= 11 is 0. The number of hydrogen-bond donors (Lipinski definition) is 1. The van der Waals surface area contributed by atoms with Gasteiger partial charge in [0.25, 0.3) is 5.91 Å². The van der Waals surface area contributed by atoms with E-state index in [1.54, 1.807) is 36.4 Å². The number of rotatable bonds is 9. The lowest BCUT2D eigenvalue weighted by molar-refractivity contribution is -0.123. The minimum atomic E-state index is -0.299. The molecule has 1 amide bonds. The predicted octanol–water partition coefficient (Wildman–Crippen LogP) is 2.20. The van der Waals surface area contributed by atoms with Gasteiger partial charge in [-0.05, 0) is 37.3 Å². The van der Waals surface area contributed by atoms with Crippen molar-refractivity contribution in [3.8, 4) is 28.7 Å². The molecule has 1 aliphatic heterocycles. The van der Waals surface area contributed by atoms with Gasteiger partial charge in [0.2, 0.25) is 6.79 Å². The maximum atomic E-state index is 11.9. The molecule has 2 aromatic rings. The average Bonchev–Trinajstić information content (AvgIpc) is 3.17. The van der Waals surface area contributed by atoms with Gasteiger partial charge in [-0.3, -0.25) is 9.59 Å². The van der Waals surface area contributed by atoms with Crippen LogP contribution in [-0.2, 0) is 4.79 Å². The first kappa shape index (κ1) is 19.3. The first-order valence-corrected chi connectivity index (χ1v) is 8.67. The molecule has 2 aromatic carbocycles. The number of fused-ring (bicyclic) bond motifs is 1. The third-order valence-electron chi connectivity index (χ3n) is 3.97. The van der Waals surface area contributed by atoms with Crippen LogP contribution in [0.5, 0.6) is 28.7 Å². The molecule has 0 aliphatic carbocycles. The number of hydrogen-bond acceptors (Lipinski definition) is 7. The van der Waals surface area contributed by atoms with E-state index in [4.69, 9.17) is 23.7 Å². The van der Waals surface area contributed by atoms with Crippen LogP contribution in [0.2, 0.25) is 0 Å². The molecule has 0 spiro atoms. The normalized spacial score (nSPS) is 11.6. The largest absolute Gasteiger partial charge is 0.493 e. The van der Waals surface area contributed by atoms with Crippen molar-refractivity contribution in [2.24, 2.45) is 0 Å². The van der Waals surface area contributed by atoms with E-state index in [-0.39, 0.29) is 25.1 Å². The molecule has 8 nitrogen and oxygen atoms in total. The number of Topliss-reactive ketones (excluding diaryl/α,β-unsaturated/α-hetero) is 1.